The number of amides is 4. The summed E-state index contributed by atoms with van der Waals surface area (Å²) in [6.07, 6.45) is 2.93. The molecular weight excluding hydrogens is 516 g/mol. The third-order valence-electron chi connectivity index (χ3n) is 8.38. The Morgan fingerprint density at radius 3 is 2.30 bits per heavy atom. The van der Waals surface area contributed by atoms with Gasteiger partial charge in [-0.25, -0.2) is 4.79 Å². The number of nitrogens with zero attached hydrogens (tertiary/aromatic N) is 3. The predicted octanol–water partition coefficient (Wildman–Crippen LogP) is 1.91. The largest absolute Gasteiger partial charge is 0.490 e. The molecular formula is C29H30N4O7. The van der Waals surface area contributed by atoms with Gasteiger partial charge in [-0.05, 0) is 68.1 Å². The molecule has 208 valence electrons. The van der Waals surface area contributed by atoms with Gasteiger partial charge in [0, 0.05) is 44.3 Å². The number of hydrogen-bond acceptors (Lipinski definition) is 8. The van der Waals surface area contributed by atoms with Crippen LogP contribution in [0.25, 0.3) is 0 Å². The van der Waals surface area contributed by atoms with Crippen LogP contribution >= 0.6 is 0 Å². The first-order valence-electron chi connectivity index (χ1n) is 13.6. The van der Waals surface area contributed by atoms with Crippen molar-refractivity contribution in [3.8, 4) is 5.75 Å². The number of ether oxygens (including phenoxy) is 1. The number of aromatic carboxylic acids is 1. The van der Waals surface area contributed by atoms with Crippen molar-refractivity contribution in [1.82, 2.24) is 15.1 Å². The molecule has 2 aromatic rings. The lowest BCUT2D eigenvalue weighted by atomic mass is 10.0. The highest BCUT2D eigenvalue weighted by molar-refractivity contribution is 6.23. The third kappa shape index (κ3) is 4.81. The number of carbonyl (C=O) groups excluding carboxylic acids is 4. The number of anilines is 1. The van der Waals surface area contributed by atoms with Gasteiger partial charge in [0.05, 0.1) is 16.7 Å². The molecule has 0 radical (unpaired) electrons. The molecule has 1 saturated carbocycles. The van der Waals surface area contributed by atoms with E-state index in [0.29, 0.717) is 11.8 Å². The van der Waals surface area contributed by atoms with Gasteiger partial charge in [-0.15, -0.1) is 0 Å². The molecule has 40 heavy (non-hydrogen) atoms. The fourth-order valence-electron chi connectivity index (χ4n) is 6.23. The summed E-state index contributed by atoms with van der Waals surface area (Å²) < 4.78 is 6.25. The molecule has 0 aromatic heterocycles. The van der Waals surface area contributed by atoms with Gasteiger partial charge < -0.3 is 14.7 Å². The second kappa shape index (κ2) is 10.4. The van der Waals surface area contributed by atoms with Crippen molar-refractivity contribution < 1.29 is 33.8 Å². The first kappa shape index (κ1) is 26.0. The molecule has 3 fully saturated rings. The summed E-state index contributed by atoms with van der Waals surface area (Å²) in [5.41, 5.74) is 1.76. The van der Waals surface area contributed by atoms with E-state index < -0.39 is 35.6 Å². The molecule has 2 N–H and O–H groups in total. The summed E-state index contributed by atoms with van der Waals surface area (Å²) in [6, 6.07) is 11.2. The Hall–Kier alpha value is -4.25. The normalized spacial score (nSPS) is 25.2. The first-order chi connectivity index (χ1) is 19.3. The van der Waals surface area contributed by atoms with Crippen LogP contribution in [0.2, 0.25) is 0 Å². The van der Waals surface area contributed by atoms with E-state index >= 15 is 0 Å². The highest BCUT2D eigenvalue weighted by Crippen LogP contribution is 2.33. The van der Waals surface area contributed by atoms with Gasteiger partial charge in [0.15, 0.2) is 0 Å². The van der Waals surface area contributed by atoms with Crippen LogP contribution in [-0.2, 0) is 9.59 Å². The summed E-state index contributed by atoms with van der Waals surface area (Å²) in [4.78, 5) is 66.6. The maximum absolute atomic E-state index is 13.1. The van der Waals surface area contributed by atoms with E-state index in [-0.39, 0.29) is 35.6 Å². The molecule has 1 aliphatic carbocycles. The van der Waals surface area contributed by atoms with Crippen LogP contribution < -0.4 is 15.0 Å². The second-order valence-electron chi connectivity index (χ2n) is 10.7. The van der Waals surface area contributed by atoms with Gasteiger partial charge in [-0.2, -0.15) is 0 Å². The van der Waals surface area contributed by atoms with Gasteiger partial charge in [0.2, 0.25) is 11.8 Å². The zero-order valence-electron chi connectivity index (χ0n) is 21.9. The summed E-state index contributed by atoms with van der Waals surface area (Å²) >= 11 is 0. The SMILES string of the molecule is O=C1CCC(N2C(=O)c3ccc(O[C@@H]4CC[C@@H](N5CCN(c6ccc(C(=O)O)cc6)CC5)C4)cc3C2=O)C(=O)N1. The fraction of sp³-hybridized carbons (Fsp3) is 0.414. The number of carboxylic acids is 1. The molecule has 4 amide bonds. The number of imide groups is 2. The monoisotopic (exact) mass is 546 g/mol. The Kier molecular flexibility index (Phi) is 6.75. The molecule has 2 saturated heterocycles. The van der Waals surface area contributed by atoms with Gasteiger partial charge in [-0.1, -0.05) is 0 Å². The summed E-state index contributed by atoms with van der Waals surface area (Å²) in [5, 5.41) is 11.3. The zero-order valence-corrected chi connectivity index (χ0v) is 21.9. The molecule has 11 heteroatoms. The predicted molar refractivity (Wildman–Crippen MR) is 142 cm³/mol. The summed E-state index contributed by atoms with van der Waals surface area (Å²) in [7, 11) is 0. The number of carboxylic acid groups (broad SMARTS) is 1. The van der Waals surface area contributed by atoms with Crippen LogP contribution in [0.15, 0.2) is 42.5 Å². The van der Waals surface area contributed by atoms with Gasteiger partial charge >= 0.3 is 5.97 Å². The Balaban J connectivity index is 1.04. The fourth-order valence-corrected chi connectivity index (χ4v) is 6.23. The van der Waals surface area contributed by atoms with Gasteiger partial charge in [-0.3, -0.25) is 34.3 Å². The smallest absolute Gasteiger partial charge is 0.335 e. The molecule has 3 heterocycles. The molecule has 1 unspecified atom stereocenters. The van der Waals surface area contributed by atoms with Crippen molar-refractivity contribution >= 4 is 35.3 Å². The van der Waals surface area contributed by atoms with Crippen molar-refractivity contribution in [2.75, 3.05) is 31.1 Å². The summed E-state index contributed by atoms with van der Waals surface area (Å²) in [5.74, 6) is -2.51. The Bertz CT molecular complexity index is 1380. The minimum atomic E-state index is -0.991. The maximum Gasteiger partial charge on any atom is 0.335 e. The van der Waals surface area contributed by atoms with Crippen molar-refractivity contribution in [2.45, 2.75) is 50.3 Å². The lowest BCUT2D eigenvalue weighted by Crippen LogP contribution is -2.54. The first-order valence-corrected chi connectivity index (χ1v) is 13.6. The number of piperidine rings is 1. The average Bonchev–Trinajstić information content (AvgIpc) is 3.51. The molecule has 3 aliphatic heterocycles. The van der Waals surface area contributed by atoms with Crippen LogP contribution in [0.4, 0.5) is 5.69 Å². The number of benzene rings is 2. The highest BCUT2D eigenvalue weighted by Gasteiger charge is 2.45. The molecule has 4 aliphatic rings. The highest BCUT2D eigenvalue weighted by atomic mass is 16.5. The minimum absolute atomic E-state index is 0.0110. The molecule has 2 aromatic carbocycles. The van der Waals surface area contributed by atoms with Gasteiger partial charge in [0.1, 0.15) is 17.9 Å². The lowest BCUT2D eigenvalue weighted by Gasteiger charge is -2.39. The van der Waals surface area contributed by atoms with Crippen molar-refractivity contribution in [2.24, 2.45) is 0 Å². The number of hydrogen-bond donors (Lipinski definition) is 2. The van der Waals surface area contributed by atoms with E-state index in [1.165, 1.54) is 0 Å². The molecule has 6 rings (SSSR count). The average molecular weight is 547 g/mol. The molecule has 0 bridgehead atoms. The van der Waals surface area contributed by atoms with E-state index in [0.717, 1.165) is 56.0 Å². The van der Waals surface area contributed by atoms with Crippen LogP contribution in [-0.4, -0.2) is 88.9 Å². The van der Waals surface area contributed by atoms with Crippen LogP contribution in [0.1, 0.15) is 63.2 Å². The second-order valence-corrected chi connectivity index (χ2v) is 10.7. The van der Waals surface area contributed by atoms with E-state index in [1.54, 1.807) is 30.3 Å². The number of piperazine rings is 1. The number of carbonyl (C=O) groups is 5. The maximum atomic E-state index is 13.1. The summed E-state index contributed by atoms with van der Waals surface area (Å²) in [6.45, 7) is 3.53. The van der Waals surface area contributed by atoms with Crippen molar-refractivity contribution in [3.63, 3.8) is 0 Å². The number of rotatable bonds is 6. The van der Waals surface area contributed by atoms with Crippen LogP contribution in [0.3, 0.4) is 0 Å². The van der Waals surface area contributed by atoms with Crippen LogP contribution in [0.5, 0.6) is 5.75 Å². The number of fused-ring (bicyclic) bond motifs is 1. The standard InChI is InChI=1S/C29H30N4O7/c34-25-10-9-24(26(35)30-25)33-27(36)22-8-7-21(16-23(22)28(33)37)40-20-6-5-19(15-20)32-13-11-31(12-14-32)18-3-1-17(2-4-18)29(38)39/h1-4,7-8,16,19-20,24H,5-6,9-15H2,(H,38,39)(H,30,34,35)/t19-,20-,24?/m1/s1. The Morgan fingerprint density at radius 2 is 1.60 bits per heavy atom. The van der Waals surface area contributed by atoms with E-state index in [4.69, 9.17) is 9.84 Å². The van der Waals surface area contributed by atoms with E-state index in [9.17, 15) is 24.0 Å². The van der Waals surface area contributed by atoms with Crippen molar-refractivity contribution in [3.05, 3.63) is 59.2 Å². The lowest BCUT2D eigenvalue weighted by molar-refractivity contribution is -0.136. The Morgan fingerprint density at radius 1 is 0.875 bits per heavy atom. The topological polar surface area (TPSA) is 137 Å². The Labute approximate surface area is 230 Å². The van der Waals surface area contributed by atoms with Crippen molar-refractivity contribution in [1.29, 1.82) is 0 Å². The zero-order chi connectivity index (χ0) is 28.0. The quantitative estimate of drug-likeness (QED) is 0.521. The minimum Gasteiger partial charge on any atom is -0.490 e. The van der Waals surface area contributed by atoms with Crippen LogP contribution in [0, 0.1) is 0 Å². The number of nitrogens with one attached hydrogen (secondary N) is 1. The van der Waals surface area contributed by atoms with Gasteiger partial charge in [0.25, 0.3) is 11.8 Å². The van der Waals surface area contributed by atoms with E-state index in [2.05, 4.69) is 15.1 Å². The molecule has 3 atom stereocenters. The van der Waals surface area contributed by atoms with E-state index in [1.807, 2.05) is 12.1 Å². The molecule has 0 spiro atoms. The molecule has 11 nitrogen and oxygen atoms in total. The third-order valence-corrected chi connectivity index (χ3v) is 8.38.